The van der Waals surface area contributed by atoms with Gasteiger partial charge in [0, 0.05) is 41.7 Å². The standard InChI is InChI=1S/C37H21N3S/c38-22-29-33(39-30-14-5-1-10-23(30)24-11-2-6-15-31(24)39)17-9-18-34(29)40-32-16-7-3-12-25(32)27-21-37-28(20-35(27)40)26-13-4-8-19-36(26)41-37/h1-21H. The molecular weight excluding hydrogens is 518 g/mol. The summed E-state index contributed by atoms with van der Waals surface area (Å²) in [6, 6.07) is 47.5. The molecule has 3 nitrogen and oxygen atoms in total. The van der Waals surface area contributed by atoms with Crippen LogP contribution in [0.4, 0.5) is 0 Å². The van der Waals surface area contributed by atoms with Crippen LogP contribution in [0.3, 0.4) is 0 Å². The zero-order chi connectivity index (χ0) is 27.1. The van der Waals surface area contributed by atoms with Gasteiger partial charge in [-0.3, -0.25) is 0 Å². The van der Waals surface area contributed by atoms with E-state index in [4.69, 9.17) is 0 Å². The first-order chi connectivity index (χ1) is 20.3. The van der Waals surface area contributed by atoms with Gasteiger partial charge in [0.15, 0.2) is 0 Å². The Morgan fingerprint density at radius 3 is 1.56 bits per heavy atom. The molecule has 190 valence electrons. The van der Waals surface area contributed by atoms with Gasteiger partial charge >= 0.3 is 0 Å². The summed E-state index contributed by atoms with van der Waals surface area (Å²) in [7, 11) is 0. The molecule has 0 aliphatic heterocycles. The molecule has 0 unspecified atom stereocenters. The van der Waals surface area contributed by atoms with Crippen LogP contribution in [-0.2, 0) is 0 Å². The third-order valence-electron chi connectivity index (χ3n) is 8.37. The van der Waals surface area contributed by atoms with Gasteiger partial charge in [-0.15, -0.1) is 11.3 Å². The number of hydrogen-bond acceptors (Lipinski definition) is 2. The van der Waals surface area contributed by atoms with E-state index in [1.54, 1.807) is 0 Å². The molecule has 9 aromatic rings. The minimum atomic E-state index is 0.650. The van der Waals surface area contributed by atoms with Crippen LogP contribution in [0.15, 0.2) is 127 Å². The highest BCUT2D eigenvalue weighted by molar-refractivity contribution is 7.25. The minimum absolute atomic E-state index is 0.650. The van der Waals surface area contributed by atoms with Gasteiger partial charge in [-0.2, -0.15) is 5.26 Å². The maximum atomic E-state index is 10.8. The Labute approximate surface area is 239 Å². The average molecular weight is 540 g/mol. The van der Waals surface area contributed by atoms with E-state index < -0.39 is 0 Å². The number of aromatic nitrogens is 2. The quantitative estimate of drug-likeness (QED) is 0.215. The highest BCUT2D eigenvalue weighted by Crippen LogP contribution is 2.42. The predicted molar refractivity (Wildman–Crippen MR) is 173 cm³/mol. The van der Waals surface area contributed by atoms with E-state index in [0.717, 1.165) is 33.4 Å². The molecule has 4 heteroatoms. The normalized spacial score (nSPS) is 11.9. The molecular formula is C37H21N3S. The second-order valence-corrected chi connectivity index (χ2v) is 11.6. The number of para-hydroxylation sites is 3. The summed E-state index contributed by atoms with van der Waals surface area (Å²) in [5.74, 6) is 0. The van der Waals surface area contributed by atoms with E-state index in [1.807, 2.05) is 11.3 Å². The van der Waals surface area contributed by atoms with Crippen molar-refractivity contribution in [3.63, 3.8) is 0 Å². The van der Waals surface area contributed by atoms with Gasteiger partial charge in [0.1, 0.15) is 11.6 Å². The molecule has 0 aliphatic rings. The lowest BCUT2D eigenvalue weighted by atomic mass is 10.1. The molecule has 0 saturated heterocycles. The monoisotopic (exact) mass is 539 g/mol. The van der Waals surface area contributed by atoms with Gasteiger partial charge in [-0.25, -0.2) is 0 Å². The van der Waals surface area contributed by atoms with Gasteiger partial charge in [0.25, 0.3) is 0 Å². The van der Waals surface area contributed by atoms with E-state index in [9.17, 15) is 5.26 Å². The molecule has 0 atom stereocenters. The zero-order valence-electron chi connectivity index (χ0n) is 21.9. The summed E-state index contributed by atoms with van der Waals surface area (Å²) < 4.78 is 7.09. The number of rotatable bonds is 2. The Morgan fingerprint density at radius 1 is 0.439 bits per heavy atom. The number of nitriles is 1. The summed E-state index contributed by atoms with van der Waals surface area (Å²) >= 11 is 1.84. The lowest BCUT2D eigenvalue weighted by Gasteiger charge is -2.15. The fourth-order valence-electron chi connectivity index (χ4n) is 6.64. The summed E-state index contributed by atoms with van der Waals surface area (Å²) in [6.07, 6.45) is 0. The van der Waals surface area contributed by atoms with Gasteiger partial charge < -0.3 is 9.13 Å². The Kier molecular flexibility index (Phi) is 4.55. The first kappa shape index (κ1) is 22.4. The molecule has 0 radical (unpaired) electrons. The van der Waals surface area contributed by atoms with E-state index in [1.165, 1.54) is 41.7 Å². The number of hydrogen-bond donors (Lipinski definition) is 0. The van der Waals surface area contributed by atoms with Crippen LogP contribution in [0.25, 0.3) is 75.2 Å². The second kappa shape index (κ2) is 8.32. The van der Waals surface area contributed by atoms with Crippen molar-refractivity contribution in [3.8, 4) is 17.4 Å². The van der Waals surface area contributed by atoms with Crippen molar-refractivity contribution in [2.45, 2.75) is 0 Å². The van der Waals surface area contributed by atoms with E-state index in [-0.39, 0.29) is 0 Å². The Morgan fingerprint density at radius 2 is 0.951 bits per heavy atom. The molecule has 0 saturated carbocycles. The van der Waals surface area contributed by atoms with Gasteiger partial charge in [-0.05, 0) is 48.5 Å². The fraction of sp³-hybridized carbons (Fsp3) is 0. The maximum Gasteiger partial charge on any atom is 0.104 e. The number of thiophene rings is 1. The maximum absolute atomic E-state index is 10.8. The van der Waals surface area contributed by atoms with E-state index >= 15 is 0 Å². The molecule has 9 rings (SSSR count). The van der Waals surface area contributed by atoms with Crippen molar-refractivity contribution >= 4 is 75.1 Å². The summed E-state index contributed by atoms with van der Waals surface area (Å²) in [6.45, 7) is 0. The topological polar surface area (TPSA) is 33.6 Å². The second-order valence-electron chi connectivity index (χ2n) is 10.5. The molecule has 0 spiro atoms. The summed E-state index contributed by atoms with van der Waals surface area (Å²) in [4.78, 5) is 0. The van der Waals surface area contributed by atoms with Crippen LogP contribution in [0.2, 0.25) is 0 Å². The molecule has 3 aromatic heterocycles. The van der Waals surface area contributed by atoms with Crippen molar-refractivity contribution in [1.82, 2.24) is 9.13 Å². The van der Waals surface area contributed by atoms with Crippen molar-refractivity contribution < 1.29 is 0 Å². The molecule has 0 N–H and O–H groups in total. The highest BCUT2D eigenvalue weighted by Gasteiger charge is 2.21. The Bertz CT molecular complexity index is 2500. The molecule has 6 aromatic carbocycles. The molecule has 3 heterocycles. The molecule has 0 amide bonds. The fourth-order valence-corrected chi connectivity index (χ4v) is 7.77. The number of nitrogens with zero attached hydrogens (tertiary/aromatic N) is 3. The Hall–Kier alpha value is -5.37. The molecule has 0 aliphatic carbocycles. The van der Waals surface area contributed by atoms with E-state index in [2.05, 4.69) is 143 Å². The van der Waals surface area contributed by atoms with Crippen molar-refractivity contribution in [2.75, 3.05) is 0 Å². The summed E-state index contributed by atoms with van der Waals surface area (Å²) in [5.41, 5.74) is 6.81. The van der Waals surface area contributed by atoms with Crippen LogP contribution in [0.1, 0.15) is 5.56 Å². The molecule has 0 bridgehead atoms. The first-order valence-electron chi connectivity index (χ1n) is 13.7. The van der Waals surface area contributed by atoms with Crippen molar-refractivity contribution in [3.05, 3.63) is 133 Å². The lowest BCUT2D eigenvalue weighted by Crippen LogP contribution is -2.03. The van der Waals surface area contributed by atoms with Crippen LogP contribution < -0.4 is 0 Å². The van der Waals surface area contributed by atoms with Crippen LogP contribution >= 0.6 is 11.3 Å². The highest BCUT2D eigenvalue weighted by atomic mass is 32.1. The first-order valence-corrected chi connectivity index (χ1v) is 14.5. The lowest BCUT2D eigenvalue weighted by molar-refractivity contribution is 1.12. The average Bonchev–Trinajstić information content (AvgIpc) is 3.67. The number of benzene rings is 6. The molecule has 0 fully saturated rings. The molecule has 41 heavy (non-hydrogen) atoms. The Balaban J connectivity index is 1.42. The van der Waals surface area contributed by atoms with Gasteiger partial charge in [-0.1, -0.05) is 78.9 Å². The van der Waals surface area contributed by atoms with Crippen LogP contribution in [0, 0.1) is 11.3 Å². The SMILES string of the molecule is N#Cc1c(-n2c3ccccc3c3ccccc32)cccc1-n1c2ccccc2c2cc3sc4ccccc4c3cc21. The van der Waals surface area contributed by atoms with Crippen molar-refractivity contribution in [2.24, 2.45) is 0 Å². The smallest absolute Gasteiger partial charge is 0.104 e. The van der Waals surface area contributed by atoms with E-state index in [0.29, 0.717) is 5.56 Å². The minimum Gasteiger partial charge on any atom is -0.308 e. The largest absolute Gasteiger partial charge is 0.308 e. The predicted octanol–water partition coefficient (Wildman–Crippen LogP) is 10.1. The van der Waals surface area contributed by atoms with Crippen LogP contribution in [-0.4, -0.2) is 9.13 Å². The third kappa shape index (κ3) is 3.01. The van der Waals surface area contributed by atoms with Gasteiger partial charge in [0.05, 0.1) is 33.4 Å². The van der Waals surface area contributed by atoms with Crippen molar-refractivity contribution in [1.29, 1.82) is 5.26 Å². The summed E-state index contributed by atoms with van der Waals surface area (Å²) in [5, 5.41) is 18.1. The third-order valence-corrected chi connectivity index (χ3v) is 9.50. The number of fused-ring (bicyclic) bond motifs is 9. The zero-order valence-corrected chi connectivity index (χ0v) is 22.7. The van der Waals surface area contributed by atoms with Crippen LogP contribution in [0.5, 0.6) is 0 Å². The van der Waals surface area contributed by atoms with Gasteiger partial charge in [0.2, 0.25) is 0 Å².